The molecular formula is C23H24Cl2N6O2. The molecule has 4 rings (SSSR count). The van der Waals surface area contributed by atoms with Crippen molar-refractivity contribution >= 4 is 52.4 Å². The van der Waals surface area contributed by atoms with Gasteiger partial charge in [0.05, 0.1) is 21.7 Å². The van der Waals surface area contributed by atoms with Gasteiger partial charge in [-0.05, 0) is 37.5 Å². The molecule has 3 heterocycles. The predicted molar refractivity (Wildman–Crippen MR) is 131 cm³/mol. The number of anilines is 4. The van der Waals surface area contributed by atoms with Gasteiger partial charge in [-0.15, -0.1) is 0 Å². The fourth-order valence-electron chi connectivity index (χ4n) is 3.62. The number of piperidine rings is 1. The molecule has 1 atom stereocenters. The number of β-amino-alcohol motifs (C(OH)–C–C–N with tert-alkyl or cyclic N) is 1. The number of hydrogen-bond acceptors (Lipinski definition) is 7. The molecule has 1 fully saturated rings. The Morgan fingerprint density at radius 1 is 1.18 bits per heavy atom. The molecule has 0 bridgehead atoms. The fourth-order valence-corrected chi connectivity index (χ4v) is 4.19. The summed E-state index contributed by atoms with van der Waals surface area (Å²) >= 11 is 12.3. The molecule has 1 aromatic carbocycles. The zero-order valence-corrected chi connectivity index (χ0v) is 19.6. The van der Waals surface area contributed by atoms with Gasteiger partial charge in [0.15, 0.2) is 0 Å². The second-order valence-corrected chi connectivity index (χ2v) is 8.56. The van der Waals surface area contributed by atoms with E-state index >= 15 is 0 Å². The van der Waals surface area contributed by atoms with Crippen molar-refractivity contribution in [1.82, 2.24) is 15.0 Å². The number of carbonyl (C=O) groups excluding carboxylic acids is 1. The van der Waals surface area contributed by atoms with E-state index in [1.165, 1.54) is 0 Å². The Labute approximate surface area is 202 Å². The number of pyridine rings is 1. The molecule has 8 nitrogen and oxygen atoms in total. The molecule has 1 unspecified atom stereocenters. The molecule has 1 amide bonds. The van der Waals surface area contributed by atoms with E-state index < -0.39 is 5.91 Å². The smallest absolute Gasteiger partial charge is 0.258 e. The van der Waals surface area contributed by atoms with Gasteiger partial charge in [0.2, 0.25) is 5.95 Å². The largest absolute Gasteiger partial charge is 0.391 e. The molecule has 33 heavy (non-hydrogen) atoms. The molecule has 1 saturated heterocycles. The average Bonchev–Trinajstić information content (AvgIpc) is 2.79. The van der Waals surface area contributed by atoms with Crippen LogP contribution in [0.25, 0.3) is 0 Å². The number of benzene rings is 1. The van der Waals surface area contributed by atoms with Gasteiger partial charge < -0.3 is 20.6 Å². The Kier molecular flexibility index (Phi) is 7.27. The Morgan fingerprint density at radius 2 is 1.97 bits per heavy atom. The van der Waals surface area contributed by atoms with Crippen LogP contribution in [0.2, 0.25) is 10.0 Å². The lowest BCUT2D eigenvalue weighted by atomic mass is 10.1. The van der Waals surface area contributed by atoms with Gasteiger partial charge in [0.1, 0.15) is 11.6 Å². The Morgan fingerprint density at radius 3 is 2.70 bits per heavy atom. The summed E-state index contributed by atoms with van der Waals surface area (Å²) < 4.78 is 0. The number of halogens is 2. The van der Waals surface area contributed by atoms with E-state index in [2.05, 4.69) is 25.6 Å². The highest BCUT2D eigenvalue weighted by Gasteiger charge is 2.21. The highest BCUT2D eigenvalue weighted by atomic mass is 35.5. The number of aliphatic hydroxyl groups excluding tert-OH is 1. The van der Waals surface area contributed by atoms with Crippen molar-refractivity contribution in [2.45, 2.75) is 32.3 Å². The number of hydrogen-bond donors (Lipinski definition) is 3. The van der Waals surface area contributed by atoms with Crippen molar-refractivity contribution in [1.29, 1.82) is 0 Å². The number of aromatic nitrogens is 3. The number of nitrogens with zero attached hydrogens (tertiary/aromatic N) is 4. The van der Waals surface area contributed by atoms with Crippen LogP contribution in [0.5, 0.6) is 0 Å². The third kappa shape index (κ3) is 5.71. The SMILES string of the molecule is CCc1cc(Nc2cc(NC(=O)c3c(Cl)cccc3Cl)ccn2)nc(N2CCCC(O)C2)n1. The van der Waals surface area contributed by atoms with Gasteiger partial charge in [-0.3, -0.25) is 4.79 Å². The van der Waals surface area contributed by atoms with Crippen LogP contribution in [0.1, 0.15) is 35.8 Å². The molecule has 172 valence electrons. The van der Waals surface area contributed by atoms with Crippen LogP contribution in [0.15, 0.2) is 42.6 Å². The van der Waals surface area contributed by atoms with Gasteiger partial charge >= 0.3 is 0 Å². The maximum atomic E-state index is 12.7. The number of rotatable bonds is 6. The zero-order valence-electron chi connectivity index (χ0n) is 18.1. The maximum absolute atomic E-state index is 12.7. The lowest BCUT2D eigenvalue weighted by Gasteiger charge is -2.30. The predicted octanol–water partition coefficient (Wildman–Crippen LogP) is 4.70. The van der Waals surface area contributed by atoms with Crippen molar-refractivity contribution < 1.29 is 9.90 Å². The summed E-state index contributed by atoms with van der Waals surface area (Å²) in [5.74, 6) is 1.25. The van der Waals surface area contributed by atoms with Crippen molar-refractivity contribution in [2.24, 2.45) is 0 Å². The van der Waals surface area contributed by atoms with Crippen LogP contribution >= 0.6 is 23.2 Å². The van der Waals surface area contributed by atoms with Crippen LogP contribution in [0, 0.1) is 0 Å². The topological polar surface area (TPSA) is 103 Å². The lowest BCUT2D eigenvalue weighted by molar-refractivity contribution is 0.102. The Hall–Kier alpha value is -2.94. The number of aryl methyl sites for hydroxylation is 1. The van der Waals surface area contributed by atoms with E-state index in [0.717, 1.165) is 31.5 Å². The van der Waals surface area contributed by atoms with E-state index in [1.807, 2.05) is 17.9 Å². The van der Waals surface area contributed by atoms with E-state index in [-0.39, 0.29) is 21.7 Å². The fraction of sp³-hybridized carbons (Fsp3) is 0.304. The first-order chi connectivity index (χ1) is 15.9. The van der Waals surface area contributed by atoms with Crippen molar-refractivity contribution in [3.63, 3.8) is 0 Å². The minimum absolute atomic E-state index is 0.212. The van der Waals surface area contributed by atoms with E-state index in [1.54, 1.807) is 36.5 Å². The number of carbonyl (C=O) groups is 1. The summed E-state index contributed by atoms with van der Waals surface area (Å²) in [5, 5.41) is 16.6. The van der Waals surface area contributed by atoms with Crippen molar-refractivity contribution in [3.05, 3.63) is 63.9 Å². The first kappa shape index (κ1) is 23.2. The van der Waals surface area contributed by atoms with Gasteiger partial charge in [0, 0.05) is 42.8 Å². The average molecular weight is 487 g/mol. The summed E-state index contributed by atoms with van der Waals surface area (Å²) in [4.78, 5) is 28.3. The summed E-state index contributed by atoms with van der Waals surface area (Å²) in [6.07, 6.45) is 3.62. The third-order valence-corrected chi connectivity index (χ3v) is 5.90. The Bertz CT molecular complexity index is 1140. The first-order valence-corrected chi connectivity index (χ1v) is 11.5. The number of aliphatic hydroxyl groups is 1. The molecule has 0 aliphatic carbocycles. The van der Waals surface area contributed by atoms with Crippen LogP contribution in [0.4, 0.5) is 23.3 Å². The van der Waals surface area contributed by atoms with Crippen molar-refractivity contribution in [3.8, 4) is 0 Å². The lowest BCUT2D eigenvalue weighted by Crippen LogP contribution is -2.39. The van der Waals surface area contributed by atoms with Gasteiger partial charge in [0.25, 0.3) is 5.91 Å². The molecule has 1 aliphatic heterocycles. The molecule has 0 radical (unpaired) electrons. The molecular weight excluding hydrogens is 463 g/mol. The van der Waals surface area contributed by atoms with Crippen LogP contribution < -0.4 is 15.5 Å². The van der Waals surface area contributed by atoms with Crippen LogP contribution in [-0.2, 0) is 6.42 Å². The quantitative estimate of drug-likeness (QED) is 0.463. The number of amides is 1. The van der Waals surface area contributed by atoms with Gasteiger partial charge in [-0.25, -0.2) is 9.97 Å². The van der Waals surface area contributed by atoms with Gasteiger partial charge in [-0.1, -0.05) is 36.2 Å². The molecule has 2 aromatic heterocycles. The minimum atomic E-state index is -0.413. The molecule has 10 heteroatoms. The van der Waals surface area contributed by atoms with Gasteiger partial charge in [-0.2, -0.15) is 4.98 Å². The maximum Gasteiger partial charge on any atom is 0.258 e. The minimum Gasteiger partial charge on any atom is -0.391 e. The summed E-state index contributed by atoms with van der Waals surface area (Å²) in [7, 11) is 0. The van der Waals surface area contributed by atoms with Crippen LogP contribution in [-0.4, -0.2) is 45.2 Å². The zero-order chi connectivity index (χ0) is 23.4. The molecule has 0 saturated carbocycles. The second-order valence-electron chi connectivity index (χ2n) is 7.75. The highest BCUT2D eigenvalue weighted by molar-refractivity contribution is 6.40. The highest BCUT2D eigenvalue weighted by Crippen LogP contribution is 2.26. The third-order valence-electron chi connectivity index (χ3n) is 5.27. The first-order valence-electron chi connectivity index (χ1n) is 10.7. The summed E-state index contributed by atoms with van der Waals surface area (Å²) in [5.41, 5.74) is 1.61. The Balaban J connectivity index is 1.53. The van der Waals surface area contributed by atoms with Crippen LogP contribution in [0.3, 0.4) is 0 Å². The normalized spacial score (nSPS) is 15.9. The second kappa shape index (κ2) is 10.3. The molecule has 0 spiro atoms. The molecule has 3 N–H and O–H groups in total. The summed E-state index contributed by atoms with van der Waals surface area (Å²) in [6.45, 7) is 3.33. The van der Waals surface area contributed by atoms with E-state index in [9.17, 15) is 9.90 Å². The van der Waals surface area contributed by atoms with E-state index in [4.69, 9.17) is 23.2 Å². The van der Waals surface area contributed by atoms with E-state index in [0.29, 0.717) is 29.8 Å². The number of nitrogens with one attached hydrogen (secondary N) is 2. The molecule has 1 aliphatic rings. The molecule has 3 aromatic rings. The summed E-state index contributed by atoms with van der Waals surface area (Å²) in [6, 6.07) is 10.1. The standard InChI is InChI=1S/C23H24Cl2N6O2/c1-2-14-11-20(30-23(28-14)31-10-4-5-16(32)13-31)29-19-12-15(8-9-26-19)27-22(33)21-17(24)6-3-7-18(21)25/h3,6-9,11-12,16,32H,2,4-5,10,13H2,1H3,(H2,26,27,28,29,30,33). The van der Waals surface area contributed by atoms with Crippen molar-refractivity contribution in [2.75, 3.05) is 28.6 Å². The monoisotopic (exact) mass is 486 g/mol.